The zero-order chi connectivity index (χ0) is 18.4. The van der Waals surface area contributed by atoms with Crippen LogP contribution in [0.3, 0.4) is 0 Å². The molecule has 2 aromatic carbocycles. The van der Waals surface area contributed by atoms with Crippen LogP contribution < -0.4 is 10.0 Å². The van der Waals surface area contributed by atoms with E-state index in [4.69, 9.17) is 5.26 Å². The predicted molar refractivity (Wildman–Crippen MR) is 95.6 cm³/mol. The fraction of sp³-hybridized carbons (Fsp3) is 0.222. The van der Waals surface area contributed by atoms with Crippen LogP contribution in [0.5, 0.6) is 0 Å². The molecule has 2 N–H and O–H groups in total. The fourth-order valence-electron chi connectivity index (χ4n) is 2.01. The molecule has 0 aliphatic heterocycles. The first-order valence-electron chi connectivity index (χ1n) is 7.73. The average Bonchev–Trinajstić information content (AvgIpc) is 2.60. The Morgan fingerprint density at radius 2 is 1.84 bits per heavy atom. The maximum absolute atomic E-state index is 12.2. The first kappa shape index (κ1) is 18.6. The van der Waals surface area contributed by atoms with E-state index in [9.17, 15) is 13.2 Å². The molecular formula is C18H19N3O3S. The Morgan fingerprint density at radius 3 is 2.44 bits per heavy atom. The molecule has 0 fully saturated rings. The molecule has 0 saturated carbocycles. The van der Waals surface area contributed by atoms with Gasteiger partial charge in [0.2, 0.25) is 10.0 Å². The monoisotopic (exact) mass is 357 g/mol. The number of benzene rings is 2. The van der Waals surface area contributed by atoms with Gasteiger partial charge in [0, 0.05) is 17.8 Å². The summed E-state index contributed by atoms with van der Waals surface area (Å²) in [7, 11) is -3.56. The number of hydrogen-bond acceptors (Lipinski definition) is 4. The van der Waals surface area contributed by atoms with Gasteiger partial charge in [-0.15, -0.1) is 0 Å². The van der Waals surface area contributed by atoms with Gasteiger partial charge < -0.3 is 5.32 Å². The highest BCUT2D eigenvalue weighted by molar-refractivity contribution is 7.89. The topological polar surface area (TPSA) is 99.1 Å². The summed E-state index contributed by atoms with van der Waals surface area (Å²) in [6.45, 7) is 4.20. The summed E-state index contributed by atoms with van der Waals surface area (Å²) in [4.78, 5) is 12.3. The van der Waals surface area contributed by atoms with Crippen LogP contribution in [0, 0.1) is 17.2 Å². The van der Waals surface area contributed by atoms with Crippen molar-refractivity contribution in [3.63, 3.8) is 0 Å². The lowest BCUT2D eigenvalue weighted by Gasteiger charge is -2.10. The lowest BCUT2D eigenvalue weighted by Crippen LogP contribution is -2.27. The van der Waals surface area contributed by atoms with E-state index in [1.54, 1.807) is 18.2 Å². The summed E-state index contributed by atoms with van der Waals surface area (Å²) < 4.78 is 26.8. The van der Waals surface area contributed by atoms with Gasteiger partial charge in [0.05, 0.1) is 16.5 Å². The molecule has 0 unspecified atom stereocenters. The molecule has 0 bridgehead atoms. The maximum atomic E-state index is 12.2. The lowest BCUT2D eigenvalue weighted by molar-refractivity contribution is 0.102. The van der Waals surface area contributed by atoms with Gasteiger partial charge in [0.15, 0.2) is 0 Å². The maximum Gasteiger partial charge on any atom is 0.255 e. The molecule has 0 aliphatic carbocycles. The molecular weight excluding hydrogens is 338 g/mol. The van der Waals surface area contributed by atoms with E-state index in [2.05, 4.69) is 10.0 Å². The van der Waals surface area contributed by atoms with Crippen molar-refractivity contribution < 1.29 is 13.2 Å². The minimum Gasteiger partial charge on any atom is -0.322 e. The van der Waals surface area contributed by atoms with E-state index in [0.29, 0.717) is 23.4 Å². The molecule has 2 aromatic rings. The second-order valence-corrected chi connectivity index (χ2v) is 7.68. The van der Waals surface area contributed by atoms with Crippen molar-refractivity contribution >= 4 is 21.6 Å². The minimum atomic E-state index is -3.56. The van der Waals surface area contributed by atoms with Gasteiger partial charge in [0.25, 0.3) is 5.91 Å². The van der Waals surface area contributed by atoms with E-state index in [1.165, 1.54) is 30.3 Å². The van der Waals surface area contributed by atoms with Crippen LogP contribution in [0.25, 0.3) is 0 Å². The van der Waals surface area contributed by atoms with Gasteiger partial charge in [-0.05, 0) is 48.4 Å². The first-order valence-corrected chi connectivity index (χ1v) is 9.21. The SMILES string of the molecule is CC(C)CNS(=O)(=O)c1ccc(NC(=O)c2cccc(C#N)c2)cc1. The van der Waals surface area contributed by atoms with Crippen molar-refractivity contribution in [1.29, 1.82) is 5.26 Å². The number of carbonyl (C=O) groups excluding carboxylic acids is 1. The summed E-state index contributed by atoms with van der Waals surface area (Å²) in [5, 5.41) is 11.5. The number of nitrogens with zero attached hydrogens (tertiary/aromatic N) is 1. The number of anilines is 1. The van der Waals surface area contributed by atoms with Crippen LogP contribution in [0.2, 0.25) is 0 Å². The van der Waals surface area contributed by atoms with Gasteiger partial charge >= 0.3 is 0 Å². The molecule has 0 heterocycles. The number of amides is 1. The highest BCUT2D eigenvalue weighted by atomic mass is 32.2. The average molecular weight is 357 g/mol. The molecule has 0 atom stereocenters. The molecule has 0 radical (unpaired) electrons. The van der Waals surface area contributed by atoms with Crippen LogP contribution in [-0.4, -0.2) is 20.9 Å². The first-order chi connectivity index (χ1) is 11.8. The number of nitriles is 1. The Morgan fingerprint density at radius 1 is 1.16 bits per heavy atom. The van der Waals surface area contributed by atoms with Crippen LogP contribution in [-0.2, 0) is 10.0 Å². The van der Waals surface area contributed by atoms with Crippen molar-refractivity contribution in [1.82, 2.24) is 4.72 Å². The molecule has 0 spiro atoms. The fourth-order valence-corrected chi connectivity index (χ4v) is 3.22. The lowest BCUT2D eigenvalue weighted by atomic mass is 10.1. The van der Waals surface area contributed by atoms with E-state index in [-0.39, 0.29) is 16.7 Å². The second kappa shape index (κ2) is 7.92. The van der Waals surface area contributed by atoms with Gasteiger partial charge in [-0.25, -0.2) is 13.1 Å². The van der Waals surface area contributed by atoms with E-state index in [1.807, 2.05) is 19.9 Å². The Balaban J connectivity index is 2.10. The second-order valence-electron chi connectivity index (χ2n) is 5.92. The number of nitrogens with one attached hydrogen (secondary N) is 2. The molecule has 1 amide bonds. The van der Waals surface area contributed by atoms with Crippen molar-refractivity contribution in [3.05, 3.63) is 59.7 Å². The minimum absolute atomic E-state index is 0.137. The van der Waals surface area contributed by atoms with Gasteiger partial charge in [0.1, 0.15) is 0 Å². The van der Waals surface area contributed by atoms with Crippen molar-refractivity contribution in [3.8, 4) is 6.07 Å². The highest BCUT2D eigenvalue weighted by Crippen LogP contribution is 2.15. The molecule has 2 rings (SSSR count). The van der Waals surface area contributed by atoms with Crippen LogP contribution in [0.4, 0.5) is 5.69 Å². The van der Waals surface area contributed by atoms with Crippen LogP contribution in [0.1, 0.15) is 29.8 Å². The molecule has 6 nitrogen and oxygen atoms in total. The summed E-state index contributed by atoms with van der Waals surface area (Å²) >= 11 is 0. The Hall–Kier alpha value is -2.69. The van der Waals surface area contributed by atoms with Crippen molar-refractivity contribution in [2.75, 3.05) is 11.9 Å². The number of hydrogen-bond donors (Lipinski definition) is 2. The molecule has 25 heavy (non-hydrogen) atoms. The highest BCUT2D eigenvalue weighted by Gasteiger charge is 2.14. The summed E-state index contributed by atoms with van der Waals surface area (Å²) in [5.41, 5.74) is 1.22. The predicted octanol–water partition coefficient (Wildman–Crippen LogP) is 2.74. The number of carbonyl (C=O) groups is 1. The molecule has 0 aromatic heterocycles. The third-order valence-electron chi connectivity index (χ3n) is 3.36. The van der Waals surface area contributed by atoms with Crippen molar-refractivity contribution in [2.45, 2.75) is 18.7 Å². The van der Waals surface area contributed by atoms with E-state index < -0.39 is 10.0 Å². The number of sulfonamides is 1. The summed E-state index contributed by atoms with van der Waals surface area (Å²) in [6, 6.07) is 14.2. The third kappa shape index (κ3) is 5.14. The molecule has 0 saturated heterocycles. The quantitative estimate of drug-likeness (QED) is 0.830. The van der Waals surface area contributed by atoms with Gasteiger partial charge in [-0.3, -0.25) is 4.79 Å². The number of rotatable bonds is 6. The van der Waals surface area contributed by atoms with Gasteiger partial charge in [-0.2, -0.15) is 5.26 Å². The van der Waals surface area contributed by atoms with Gasteiger partial charge in [-0.1, -0.05) is 19.9 Å². The Labute approximate surface area is 147 Å². The summed E-state index contributed by atoms with van der Waals surface area (Å²) in [5.74, 6) is -0.164. The van der Waals surface area contributed by atoms with Crippen LogP contribution >= 0.6 is 0 Å². The normalized spacial score (nSPS) is 11.1. The molecule has 130 valence electrons. The van der Waals surface area contributed by atoms with E-state index in [0.717, 1.165) is 0 Å². The Bertz CT molecular complexity index is 898. The Kier molecular flexibility index (Phi) is 5.91. The smallest absolute Gasteiger partial charge is 0.255 e. The third-order valence-corrected chi connectivity index (χ3v) is 4.80. The zero-order valence-corrected chi connectivity index (χ0v) is 14.8. The summed E-state index contributed by atoms with van der Waals surface area (Å²) in [6.07, 6.45) is 0. The van der Waals surface area contributed by atoms with E-state index >= 15 is 0 Å². The van der Waals surface area contributed by atoms with Crippen molar-refractivity contribution in [2.24, 2.45) is 5.92 Å². The standard InChI is InChI=1S/C18H19N3O3S/c1-13(2)12-20-25(23,24)17-8-6-16(7-9-17)21-18(22)15-5-3-4-14(10-15)11-19/h3-10,13,20H,12H2,1-2H3,(H,21,22). The largest absolute Gasteiger partial charge is 0.322 e. The molecule has 0 aliphatic rings. The molecule has 7 heteroatoms. The van der Waals surface area contributed by atoms with Crippen LogP contribution in [0.15, 0.2) is 53.4 Å². The zero-order valence-electron chi connectivity index (χ0n) is 14.0.